The van der Waals surface area contributed by atoms with Gasteiger partial charge in [-0.25, -0.2) is 14.4 Å². The van der Waals surface area contributed by atoms with Gasteiger partial charge in [0.2, 0.25) is 5.91 Å². The minimum Gasteiger partial charge on any atom is -0.355 e. The summed E-state index contributed by atoms with van der Waals surface area (Å²) in [5, 5.41) is 3.77. The van der Waals surface area contributed by atoms with Crippen LogP contribution in [0.3, 0.4) is 0 Å². The zero-order chi connectivity index (χ0) is 22.8. The van der Waals surface area contributed by atoms with Crippen molar-refractivity contribution in [2.24, 2.45) is 5.92 Å². The predicted molar refractivity (Wildman–Crippen MR) is 132 cm³/mol. The molecule has 4 aromatic rings. The van der Waals surface area contributed by atoms with Crippen molar-refractivity contribution >= 4 is 43.4 Å². The first kappa shape index (κ1) is 21.8. The number of piperidine rings is 1. The number of hydrogen-bond acceptors (Lipinski definition) is 5. The van der Waals surface area contributed by atoms with Crippen molar-refractivity contribution in [3.8, 4) is 0 Å². The molecule has 0 radical (unpaired) electrons. The number of benzene rings is 2. The number of anilines is 1. The maximum Gasteiger partial charge on any atom is 0.225 e. The van der Waals surface area contributed by atoms with Crippen LogP contribution in [0.5, 0.6) is 0 Å². The standard InChI is InChI=1S/C26H27FN4OS/c1-17(12-13-18-7-3-2-4-8-18)30-26(32)19-9-6-14-31(15-19)25-24-23(28-16-29-25)22-20(27)10-5-11-21(22)33-24/h2-5,7-8,10-11,16-17,19H,6,9,12-15H2,1H3,(H,30,32)/t17-,19+/m1/s1. The summed E-state index contributed by atoms with van der Waals surface area (Å²) < 4.78 is 16.2. The van der Waals surface area contributed by atoms with Crippen LogP contribution in [0, 0.1) is 11.7 Å². The smallest absolute Gasteiger partial charge is 0.225 e. The molecular formula is C26H27FN4OS. The Balaban J connectivity index is 1.29. The van der Waals surface area contributed by atoms with Gasteiger partial charge in [-0.05, 0) is 50.3 Å². The summed E-state index contributed by atoms with van der Waals surface area (Å²) in [4.78, 5) is 24.1. The van der Waals surface area contributed by atoms with Gasteiger partial charge in [-0.15, -0.1) is 11.3 Å². The summed E-state index contributed by atoms with van der Waals surface area (Å²) in [7, 11) is 0. The molecule has 0 aliphatic carbocycles. The SMILES string of the molecule is C[C@H](CCc1ccccc1)NC(=O)[C@H]1CCCN(c2ncnc3c2sc2cccc(F)c23)C1. The number of rotatable bonds is 6. The van der Waals surface area contributed by atoms with E-state index in [4.69, 9.17) is 0 Å². The molecule has 7 heteroatoms. The Morgan fingerprint density at radius 3 is 2.91 bits per heavy atom. The van der Waals surface area contributed by atoms with Gasteiger partial charge in [0, 0.05) is 23.8 Å². The first-order valence-electron chi connectivity index (χ1n) is 11.5. The van der Waals surface area contributed by atoms with Crippen LogP contribution in [0.2, 0.25) is 0 Å². The number of nitrogens with one attached hydrogen (secondary N) is 1. The Labute approximate surface area is 196 Å². The highest BCUT2D eigenvalue weighted by Crippen LogP contribution is 2.39. The summed E-state index contributed by atoms with van der Waals surface area (Å²) >= 11 is 1.51. The van der Waals surface area contributed by atoms with E-state index in [2.05, 4.69) is 39.2 Å². The largest absolute Gasteiger partial charge is 0.355 e. The monoisotopic (exact) mass is 462 g/mol. The zero-order valence-electron chi connectivity index (χ0n) is 18.6. The molecule has 2 aromatic carbocycles. The van der Waals surface area contributed by atoms with Gasteiger partial charge in [-0.2, -0.15) is 0 Å². The van der Waals surface area contributed by atoms with E-state index in [1.165, 1.54) is 29.3 Å². The van der Waals surface area contributed by atoms with Gasteiger partial charge >= 0.3 is 0 Å². The number of hydrogen-bond donors (Lipinski definition) is 1. The van der Waals surface area contributed by atoms with Crippen molar-refractivity contribution in [2.45, 2.75) is 38.6 Å². The van der Waals surface area contributed by atoms with E-state index in [0.29, 0.717) is 17.4 Å². The quantitative estimate of drug-likeness (QED) is 0.420. The van der Waals surface area contributed by atoms with E-state index >= 15 is 0 Å². The molecule has 2 atom stereocenters. The normalized spacial score (nSPS) is 17.4. The third-order valence-electron chi connectivity index (χ3n) is 6.40. The van der Waals surface area contributed by atoms with E-state index in [0.717, 1.165) is 47.4 Å². The Bertz CT molecular complexity index is 1280. The van der Waals surface area contributed by atoms with E-state index in [9.17, 15) is 9.18 Å². The van der Waals surface area contributed by atoms with Gasteiger partial charge in [-0.3, -0.25) is 4.79 Å². The number of nitrogens with zero attached hydrogens (tertiary/aromatic N) is 3. The van der Waals surface area contributed by atoms with Crippen molar-refractivity contribution in [3.63, 3.8) is 0 Å². The second kappa shape index (κ2) is 9.43. The van der Waals surface area contributed by atoms with Crippen LogP contribution in [0.25, 0.3) is 20.3 Å². The maximum absolute atomic E-state index is 14.5. The van der Waals surface area contributed by atoms with Crippen LogP contribution in [-0.2, 0) is 11.2 Å². The molecule has 0 unspecified atom stereocenters. The molecule has 1 N–H and O–H groups in total. The number of amides is 1. The Kier molecular flexibility index (Phi) is 6.22. The lowest BCUT2D eigenvalue weighted by atomic mass is 9.96. The lowest BCUT2D eigenvalue weighted by Crippen LogP contribution is -2.45. The molecule has 2 aromatic heterocycles. The number of carbonyl (C=O) groups excluding carboxylic acids is 1. The van der Waals surface area contributed by atoms with Gasteiger partial charge in [-0.1, -0.05) is 36.4 Å². The molecule has 1 aliphatic rings. The second-order valence-corrected chi connectivity index (χ2v) is 9.86. The van der Waals surface area contributed by atoms with E-state index < -0.39 is 0 Å². The summed E-state index contributed by atoms with van der Waals surface area (Å²) in [6, 6.07) is 15.6. The molecule has 0 bridgehead atoms. The van der Waals surface area contributed by atoms with Crippen LogP contribution in [0.4, 0.5) is 10.2 Å². The van der Waals surface area contributed by atoms with Crippen LogP contribution >= 0.6 is 11.3 Å². The number of aryl methyl sites for hydroxylation is 1. The molecule has 33 heavy (non-hydrogen) atoms. The first-order valence-corrected chi connectivity index (χ1v) is 12.3. The zero-order valence-corrected chi connectivity index (χ0v) is 19.4. The average molecular weight is 463 g/mol. The number of aromatic nitrogens is 2. The molecule has 1 aliphatic heterocycles. The highest BCUT2D eigenvalue weighted by molar-refractivity contribution is 7.26. The Morgan fingerprint density at radius 1 is 1.21 bits per heavy atom. The van der Waals surface area contributed by atoms with E-state index in [1.54, 1.807) is 6.07 Å². The molecule has 1 fully saturated rings. The molecule has 1 saturated heterocycles. The summed E-state index contributed by atoms with van der Waals surface area (Å²) in [5.41, 5.74) is 1.94. The number of fused-ring (bicyclic) bond motifs is 3. The Morgan fingerprint density at radius 2 is 2.06 bits per heavy atom. The number of halogens is 1. The second-order valence-electron chi connectivity index (χ2n) is 8.81. The molecular weight excluding hydrogens is 435 g/mol. The fourth-order valence-corrected chi connectivity index (χ4v) is 5.82. The molecule has 5 rings (SSSR count). The van der Waals surface area contributed by atoms with Gasteiger partial charge in [0.1, 0.15) is 18.0 Å². The fraction of sp³-hybridized carbons (Fsp3) is 0.346. The van der Waals surface area contributed by atoms with Crippen LogP contribution in [0.1, 0.15) is 31.7 Å². The molecule has 1 amide bonds. The minimum atomic E-state index is -0.260. The number of carbonyl (C=O) groups is 1. The topological polar surface area (TPSA) is 58.1 Å². The van der Waals surface area contributed by atoms with Crippen LogP contribution in [-0.4, -0.2) is 35.0 Å². The molecule has 5 nitrogen and oxygen atoms in total. The van der Waals surface area contributed by atoms with E-state index in [-0.39, 0.29) is 23.7 Å². The van der Waals surface area contributed by atoms with Crippen molar-refractivity contribution in [1.29, 1.82) is 0 Å². The summed E-state index contributed by atoms with van der Waals surface area (Å²) in [6.45, 7) is 3.51. The third kappa shape index (κ3) is 4.55. The van der Waals surface area contributed by atoms with Crippen LogP contribution in [0.15, 0.2) is 54.9 Å². The van der Waals surface area contributed by atoms with Gasteiger partial charge in [0.05, 0.1) is 21.5 Å². The van der Waals surface area contributed by atoms with Crippen molar-refractivity contribution in [3.05, 3.63) is 66.2 Å². The highest BCUT2D eigenvalue weighted by atomic mass is 32.1. The molecule has 170 valence electrons. The number of thiophene rings is 1. The van der Waals surface area contributed by atoms with Crippen molar-refractivity contribution in [1.82, 2.24) is 15.3 Å². The molecule has 0 saturated carbocycles. The molecule has 0 spiro atoms. The first-order chi connectivity index (χ1) is 16.1. The third-order valence-corrected chi connectivity index (χ3v) is 7.54. The fourth-order valence-electron chi connectivity index (χ4n) is 4.64. The maximum atomic E-state index is 14.5. The lowest BCUT2D eigenvalue weighted by molar-refractivity contribution is -0.125. The average Bonchev–Trinajstić information content (AvgIpc) is 3.23. The van der Waals surface area contributed by atoms with Gasteiger partial charge in [0.15, 0.2) is 0 Å². The van der Waals surface area contributed by atoms with Gasteiger partial charge < -0.3 is 10.2 Å². The van der Waals surface area contributed by atoms with Crippen molar-refractivity contribution in [2.75, 3.05) is 18.0 Å². The van der Waals surface area contributed by atoms with Crippen molar-refractivity contribution < 1.29 is 9.18 Å². The van der Waals surface area contributed by atoms with Gasteiger partial charge in [0.25, 0.3) is 0 Å². The summed E-state index contributed by atoms with van der Waals surface area (Å²) in [5.74, 6) is 0.556. The minimum absolute atomic E-state index is 0.0888. The highest BCUT2D eigenvalue weighted by Gasteiger charge is 2.29. The van der Waals surface area contributed by atoms with E-state index in [1.807, 2.05) is 24.3 Å². The Hall–Kier alpha value is -3.06. The predicted octanol–water partition coefficient (Wildman–Crippen LogP) is 5.34. The van der Waals surface area contributed by atoms with Crippen LogP contribution < -0.4 is 10.2 Å². The summed E-state index contributed by atoms with van der Waals surface area (Å²) in [6.07, 6.45) is 5.14. The molecule has 3 heterocycles. The lowest BCUT2D eigenvalue weighted by Gasteiger charge is -2.33.